The second kappa shape index (κ2) is 5.73. The molecule has 1 amide bonds. The molecule has 3 heterocycles. The highest BCUT2D eigenvalue weighted by atomic mass is 32.1. The highest BCUT2D eigenvalue weighted by Crippen LogP contribution is 2.27. The van der Waals surface area contributed by atoms with Gasteiger partial charge < -0.3 is 0 Å². The largest absolute Gasteiger partial charge is 0.290 e. The van der Waals surface area contributed by atoms with Crippen LogP contribution in [0.25, 0.3) is 0 Å². The molecule has 4 rings (SSSR count). The van der Waals surface area contributed by atoms with Crippen molar-refractivity contribution in [1.29, 1.82) is 0 Å². The molecule has 0 aliphatic carbocycles. The van der Waals surface area contributed by atoms with Crippen LogP contribution in [0.15, 0.2) is 65.2 Å². The average molecular weight is 320 g/mol. The van der Waals surface area contributed by atoms with Gasteiger partial charge in [-0.1, -0.05) is 30.3 Å². The number of carbonyl (C=O) groups excluding carboxylic acids is 1. The topological polar surface area (TPSA) is 58.5 Å². The molecule has 3 aromatic rings. The van der Waals surface area contributed by atoms with E-state index in [9.17, 15) is 4.79 Å². The summed E-state index contributed by atoms with van der Waals surface area (Å²) in [5.74, 6) is 0.902. The molecular formula is C17H12N4OS. The van der Waals surface area contributed by atoms with Gasteiger partial charge in [-0.3, -0.25) is 9.69 Å². The first-order valence-electron chi connectivity index (χ1n) is 7.12. The molecule has 0 unspecified atom stereocenters. The second-order valence-electron chi connectivity index (χ2n) is 5.01. The van der Waals surface area contributed by atoms with Crippen molar-refractivity contribution < 1.29 is 4.79 Å². The number of aromatic nitrogens is 2. The van der Waals surface area contributed by atoms with Gasteiger partial charge in [0, 0.05) is 18.0 Å². The van der Waals surface area contributed by atoms with E-state index in [2.05, 4.69) is 15.0 Å². The maximum Gasteiger partial charge on any atom is 0.289 e. The summed E-state index contributed by atoms with van der Waals surface area (Å²) in [5, 5.41) is 1.87. The quantitative estimate of drug-likeness (QED) is 0.728. The van der Waals surface area contributed by atoms with Crippen molar-refractivity contribution in [3.05, 3.63) is 76.2 Å². The van der Waals surface area contributed by atoms with Crippen LogP contribution < -0.4 is 4.90 Å². The molecule has 0 N–H and O–H groups in total. The Labute approximate surface area is 137 Å². The number of benzene rings is 1. The van der Waals surface area contributed by atoms with E-state index in [0.29, 0.717) is 23.2 Å². The molecule has 23 heavy (non-hydrogen) atoms. The predicted octanol–water partition coefficient (Wildman–Crippen LogP) is 3.15. The number of rotatable bonds is 2. The Morgan fingerprint density at radius 2 is 1.91 bits per heavy atom. The number of hydrogen-bond donors (Lipinski definition) is 0. The zero-order valence-electron chi connectivity index (χ0n) is 12.1. The number of amides is 1. The van der Waals surface area contributed by atoms with Gasteiger partial charge in [0.15, 0.2) is 0 Å². The predicted molar refractivity (Wildman–Crippen MR) is 89.8 cm³/mol. The van der Waals surface area contributed by atoms with Gasteiger partial charge in [-0.2, -0.15) is 4.99 Å². The molecule has 0 fully saturated rings. The monoisotopic (exact) mass is 320 g/mol. The summed E-state index contributed by atoms with van der Waals surface area (Å²) < 4.78 is 0. The molecule has 0 bridgehead atoms. The zero-order valence-corrected chi connectivity index (χ0v) is 12.9. The van der Waals surface area contributed by atoms with Crippen molar-refractivity contribution in [2.45, 2.75) is 6.54 Å². The normalized spacial score (nSPS) is 15.0. The molecule has 0 spiro atoms. The first kappa shape index (κ1) is 13.8. The van der Waals surface area contributed by atoms with Gasteiger partial charge in [0.05, 0.1) is 11.4 Å². The number of nitrogens with zero attached hydrogens (tertiary/aromatic N) is 4. The van der Waals surface area contributed by atoms with Crippen molar-refractivity contribution in [1.82, 2.24) is 9.97 Å². The third-order valence-electron chi connectivity index (χ3n) is 3.58. The van der Waals surface area contributed by atoms with Gasteiger partial charge in [0.1, 0.15) is 5.84 Å². The molecule has 1 aliphatic rings. The van der Waals surface area contributed by atoms with Crippen LogP contribution in [0.1, 0.15) is 20.8 Å². The lowest BCUT2D eigenvalue weighted by Gasteiger charge is -2.15. The van der Waals surface area contributed by atoms with Crippen LogP contribution in [-0.2, 0) is 6.54 Å². The van der Waals surface area contributed by atoms with Crippen molar-refractivity contribution in [2.75, 3.05) is 4.90 Å². The number of fused-ring (bicyclic) bond motifs is 1. The maximum absolute atomic E-state index is 12.4. The van der Waals surface area contributed by atoms with Crippen LogP contribution in [0.3, 0.4) is 0 Å². The second-order valence-corrected chi connectivity index (χ2v) is 5.96. The third-order valence-corrected chi connectivity index (χ3v) is 4.43. The number of anilines is 1. The Kier molecular flexibility index (Phi) is 3.44. The Morgan fingerprint density at radius 3 is 2.70 bits per heavy atom. The van der Waals surface area contributed by atoms with Crippen molar-refractivity contribution in [3.63, 3.8) is 0 Å². The van der Waals surface area contributed by atoms with Crippen molar-refractivity contribution in [3.8, 4) is 0 Å². The van der Waals surface area contributed by atoms with E-state index in [1.54, 1.807) is 24.5 Å². The number of carbonyl (C=O) groups is 1. The van der Waals surface area contributed by atoms with E-state index in [0.717, 1.165) is 11.1 Å². The Morgan fingerprint density at radius 1 is 1.09 bits per heavy atom. The van der Waals surface area contributed by atoms with E-state index in [1.807, 2.05) is 40.6 Å². The summed E-state index contributed by atoms with van der Waals surface area (Å²) in [4.78, 5) is 27.8. The number of hydrogen-bond acceptors (Lipinski definition) is 4. The SMILES string of the molecule is O=C(N=C1c2ccccc2CN1c1ncccn1)c1cccs1. The summed E-state index contributed by atoms with van der Waals surface area (Å²) in [6, 6.07) is 13.3. The summed E-state index contributed by atoms with van der Waals surface area (Å²) in [6.07, 6.45) is 3.37. The van der Waals surface area contributed by atoms with Gasteiger partial charge in [-0.05, 0) is 23.1 Å². The third kappa shape index (κ3) is 2.53. The Balaban J connectivity index is 1.80. The highest BCUT2D eigenvalue weighted by molar-refractivity contribution is 7.12. The van der Waals surface area contributed by atoms with Crippen LogP contribution in [0.2, 0.25) is 0 Å². The van der Waals surface area contributed by atoms with Gasteiger partial charge in [0.2, 0.25) is 5.95 Å². The van der Waals surface area contributed by atoms with Crippen LogP contribution in [0.5, 0.6) is 0 Å². The molecule has 1 aromatic carbocycles. The lowest BCUT2D eigenvalue weighted by Crippen LogP contribution is -2.27. The molecule has 112 valence electrons. The average Bonchev–Trinajstić information content (AvgIpc) is 3.24. The van der Waals surface area contributed by atoms with Crippen LogP contribution in [-0.4, -0.2) is 21.7 Å². The van der Waals surface area contributed by atoms with E-state index < -0.39 is 0 Å². The first-order chi connectivity index (χ1) is 11.3. The summed E-state index contributed by atoms with van der Waals surface area (Å²) >= 11 is 1.39. The lowest BCUT2D eigenvalue weighted by molar-refractivity contribution is 0.101. The standard InChI is InChI=1S/C17H12N4OS/c22-16(14-7-3-10-23-14)20-15-13-6-2-1-5-12(13)11-21(15)17-18-8-4-9-19-17/h1-10H,11H2. The van der Waals surface area contributed by atoms with E-state index in [1.165, 1.54) is 11.3 Å². The van der Waals surface area contributed by atoms with Gasteiger partial charge in [-0.15, -0.1) is 11.3 Å². The Bertz CT molecular complexity index is 875. The minimum Gasteiger partial charge on any atom is -0.290 e. The van der Waals surface area contributed by atoms with E-state index in [-0.39, 0.29) is 5.91 Å². The summed E-state index contributed by atoms with van der Waals surface area (Å²) in [6.45, 7) is 0.608. The van der Waals surface area contributed by atoms with Crippen LogP contribution >= 0.6 is 11.3 Å². The zero-order chi connectivity index (χ0) is 15.6. The molecule has 6 heteroatoms. The summed E-state index contributed by atoms with van der Waals surface area (Å²) in [5.41, 5.74) is 2.06. The fourth-order valence-corrected chi connectivity index (χ4v) is 3.14. The lowest BCUT2D eigenvalue weighted by atomic mass is 10.1. The minimum absolute atomic E-state index is 0.243. The molecule has 0 saturated heterocycles. The Hall–Kier alpha value is -2.86. The smallest absolute Gasteiger partial charge is 0.289 e. The number of thiophene rings is 1. The van der Waals surface area contributed by atoms with Gasteiger partial charge >= 0.3 is 0 Å². The van der Waals surface area contributed by atoms with Gasteiger partial charge in [-0.25, -0.2) is 9.97 Å². The fraction of sp³-hybridized carbons (Fsp3) is 0.0588. The van der Waals surface area contributed by atoms with Crippen LogP contribution in [0, 0.1) is 0 Å². The summed E-state index contributed by atoms with van der Waals surface area (Å²) in [7, 11) is 0. The molecule has 0 saturated carbocycles. The number of aliphatic imine (C=N–C) groups is 1. The molecule has 0 radical (unpaired) electrons. The molecule has 1 aliphatic heterocycles. The van der Waals surface area contributed by atoms with Crippen molar-refractivity contribution in [2.24, 2.45) is 4.99 Å². The highest BCUT2D eigenvalue weighted by Gasteiger charge is 2.28. The molecule has 5 nitrogen and oxygen atoms in total. The molecular weight excluding hydrogens is 308 g/mol. The molecule has 0 atom stereocenters. The first-order valence-corrected chi connectivity index (χ1v) is 8.00. The molecule has 2 aromatic heterocycles. The fourth-order valence-electron chi connectivity index (χ4n) is 2.54. The van der Waals surface area contributed by atoms with E-state index >= 15 is 0 Å². The maximum atomic E-state index is 12.4. The van der Waals surface area contributed by atoms with E-state index in [4.69, 9.17) is 0 Å². The van der Waals surface area contributed by atoms with Crippen molar-refractivity contribution >= 4 is 29.0 Å². The van der Waals surface area contributed by atoms with Gasteiger partial charge in [0.25, 0.3) is 5.91 Å². The van der Waals surface area contributed by atoms with Crippen LogP contribution in [0.4, 0.5) is 5.95 Å². The number of amidine groups is 1. The minimum atomic E-state index is -0.243.